The van der Waals surface area contributed by atoms with Gasteiger partial charge in [0.15, 0.2) is 0 Å². The van der Waals surface area contributed by atoms with Gasteiger partial charge in [-0.15, -0.1) is 0 Å². The average Bonchev–Trinajstić information content (AvgIpc) is 2.53. The van der Waals surface area contributed by atoms with Crippen molar-refractivity contribution >= 4 is 40.5 Å². The van der Waals surface area contributed by atoms with Gasteiger partial charge < -0.3 is 10.6 Å². The van der Waals surface area contributed by atoms with E-state index in [1.165, 1.54) is 12.3 Å². The van der Waals surface area contributed by atoms with Gasteiger partial charge in [-0.05, 0) is 37.3 Å². The van der Waals surface area contributed by atoms with Gasteiger partial charge in [0.1, 0.15) is 11.6 Å². The van der Waals surface area contributed by atoms with E-state index in [2.05, 4.69) is 10.6 Å². The van der Waals surface area contributed by atoms with Crippen LogP contribution in [0.3, 0.4) is 0 Å². The van der Waals surface area contributed by atoms with Crippen molar-refractivity contribution in [1.82, 2.24) is 0 Å². The van der Waals surface area contributed by atoms with Crippen LogP contribution >= 0.6 is 23.2 Å². The zero-order valence-corrected chi connectivity index (χ0v) is 13.7. The van der Waals surface area contributed by atoms with E-state index >= 15 is 0 Å². The summed E-state index contributed by atoms with van der Waals surface area (Å²) in [5.74, 6) is -0.537. The Morgan fingerprint density at radius 2 is 1.74 bits per heavy atom. The second kappa shape index (κ2) is 7.68. The molecular formula is C17H13Cl2N3O. The molecule has 116 valence electrons. The predicted molar refractivity (Wildman–Crippen MR) is 93.6 cm³/mol. The number of hydrogen-bond donors (Lipinski definition) is 2. The lowest BCUT2D eigenvalue weighted by Crippen LogP contribution is -2.14. The molecule has 0 unspecified atom stereocenters. The van der Waals surface area contributed by atoms with E-state index in [4.69, 9.17) is 28.5 Å². The molecule has 23 heavy (non-hydrogen) atoms. The third kappa shape index (κ3) is 4.75. The summed E-state index contributed by atoms with van der Waals surface area (Å²) in [5, 5.41) is 15.4. The van der Waals surface area contributed by atoms with Crippen molar-refractivity contribution in [2.24, 2.45) is 0 Å². The number of nitrogens with one attached hydrogen (secondary N) is 2. The van der Waals surface area contributed by atoms with Gasteiger partial charge >= 0.3 is 0 Å². The number of aryl methyl sites for hydroxylation is 1. The summed E-state index contributed by atoms with van der Waals surface area (Å²) < 4.78 is 0. The largest absolute Gasteiger partial charge is 0.360 e. The fraction of sp³-hybridized carbons (Fsp3) is 0.0588. The van der Waals surface area contributed by atoms with E-state index in [0.29, 0.717) is 15.7 Å². The molecule has 0 heterocycles. The number of carbonyl (C=O) groups excluding carboxylic acids is 1. The Morgan fingerprint density at radius 1 is 1.09 bits per heavy atom. The molecule has 0 aliphatic heterocycles. The zero-order chi connectivity index (χ0) is 16.8. The number of halogens is 2. The van der Waals surface area contributed by atoms with E-state index in [0.717, 1.165) is 11.3 Å². The van der Waals surface area contributed by atoms with Gasteiger partial charge in [-0.25, -0.2) is 0 Å². The molecule has 0 radical (unpaired) electrons. The minimum atomic E-state index is -0.537. The number of carbonyl (C=O) groups is 1. The normalized spacial score (nSPS) is 10.8. The van der Waals surface area contributed by atoms with Crippen molar-refractivity contribution in [3.8, 4) is 6.07 Å². The second-order valence-corrected chi connectivity index (χ2v) is 5.58. The lowest BCUT2D eigenvalue weighted by Gasteiger charge is -2.06. The number of hydrogen-bond acceptors (Lipinski definition) is 3. The number of benzene rings is 2. The van der Waals surface area contributed by atoms with Gasteiger partial charge in [0.05, 0.1) is 10.0 Å². The summed E-state index contributed by atoms with van der Waals surface area (Å²) in [6.45, 7) is 1.98. The highest BCUT2D eigenvalue weighted by atomic mass is 35.5. The molecule has 2 N–H and O–H groups in total. The first kappa shape index (κ1) is 16.9. The van der Waals surface area contributed by atoms with Crippen LogP contribution in [-0.4, -0.2) is 5.91 Å². The van der Waals surface area contributed by atoms with Gasteiger partial charge in [0, 0.05) is 17.6 Å². The van der Waals surface area contributed by atoms with Crippen LogP contribution in [-0.2, 0) is 4.79 Å². The van der Waals surface area contributed by atoms with Crippen molar-refractivity contribution in [3.63, 3.8) is 0 Å². The number of nitriles is 1. The fourth-order valence-corrected chi connectivity index (χ4v) is 2.02. The third-order valence-electron chi connectivity index (χ3n) is 2.98. The van der Waals surface area contributed by atoms with Crippen LogP contribution in [0.15, 0.2) is 54.2 Å². The molecule has 2 rings (SSSR count). The molecule has 0 aliphatic rings. The molecule has 4 nitrogen and oxygen atoms in total. The zero-order valence-electron chi connectivity index (χ0n) is 12.2. The first-order valence-corrected chi connectivity index (χ1v) is 7.45. The number of nitrogens with zero attached hydrogens (tertiary/aromatic N) is 1. The van der Waals surface area contributed by atoms with Crippen LogP contribution in [0.2, 0.25) is 10.0 Å². The number of anilines is 2. The lowest BCUT2D eigenvalue weighted by atomic mass is 10.2. The average molecular weight is 346 g/mol. The molecule has 0 aliphatic carbocycles. The van der Waals surface area contributed by atoms with Gasteiger partial charge in [-0.2, -0.15) is 5.26 Å². The highest BCUT2D eigenvalue weighted by Gasteiger charge is 2.10. The maximum atomic E-state index is 12.1. The Bertz CT molecular complexity index is 792. The van der Waals surface area contributed by atoms with E-state index in [1.807, 2.05) is 37.3 Å². The molecule has 6 heteroatoms. The van der Waals surface area contributed by atoms with Crippen LogP contribution in [0, 0.1) is 18.3 Å². The predicted octanol–water partition coefficient (Wildman–Crippen LogP) is 4.76. The van der Waals surface area contributed by atoms with Crippen LogP contribution in [0.4, 0.5) is 11.4 Å². The molecule has 0 saturated carbocycles. The highest BCUT2D eigenvalue weighted by molar-refractivity contribution is 6.42. The van der Waals surface area contributed by atoms with E-state index in [9.17, 15) is 4.79 Å². The molecule has 0 atom stereocenters. The Hall–Kier alpha value is -2.48. The topological polar surface area (TPSA) is 64.9 Å². The van der Waals surface area contributed by atoms with Crippen molar-refractivity contribution in [1.29, 1.82) is 5.26 Å². The van der Waals surface area contributed by atoms with Crippen molar-refractivity contribution in [3.05, 3.63) is 69.8 Å². The van der Waals surface area contributed by atoms with Gasteiger partial charge in [0.25, 0.3) is 5.91 Å². The molecule has 0 spiro atoms. The highest BCUT2D eigenvalue weighted by Crippen LogP contribution is 2.25. The maximum absolute atomic E-state index is 12.1. The summed E-state index contributed by atoms with van der Waals surface area (Å²) in [7, 11) is 0. The molecule has 2 aromatic carbocycles. The van der Waals surface area contributed by atoms with Crippen molar-refractivity contribution < 1.29 is 4.79 Å². The Labute approximate surface area is 144 Å². The number of rotatable bonds is 4. The van der Waals surface area contributed by atoms with Crippen LogP contribution in [0.25, 0.3) is 0 Å². The standard InChI is InChI=1S/C17H13Cl2N3O/c1-11-2-4-13(5-3-11)21-10-12(9-20)17(23)22-14-6-7-15(18)16(19)8-14/h2-8,10,21H,1H3,(H,22,23)/b12-10-. The van der Waals surface area contributed by atoms with Gasteiger partial charge in [-0.3, -0.25) is 4.79 Å². The third-order valence-corrected chi connectivity index (χ3v) is 3.72. The first-order valence-electron chi connectivity index (χ1n) is 6.69. The Balaban J connectivity index is 2.08. The SMILES string of the molecule is Cc1ccc(N/C=C(/C#N)C(=O)Nc2ccc(Cl)c(Cl)c2)cc1. The van der Waals surface area contributed by atoms with Crippen LogP contribution in [0.5, 0.6) is 0 Å². The minimum Gasteiger partial charge on any atom is -0.360 e. The summed E-state index contributed by atoms with van der Waals surface area (Å²) in [6, 6.07) is 14.1. The summed E-state index contributed by atoms with van der Waals surface area (Å²) in [4.78, 5) is 12.1. The molecular weight excluding hydrogens is 333 g/mol. The molecule has 0 fully saturated rings. The lowest BCUT2D eigenvalue weighted by molar-refractivity contribution is -0.112. The monoisotopic (exact) mass is 345 g/mol. The van der Waals surface area contributed by atoms with Crippen LogP contribution in [0.1, 0.15) is 5.56 Å². The Kier molecular flexibility index (Phi) is 5.64. The van der Waals surface area contributed by atoms with E-state index in [-0.39, 0.29) is 5.57 Å². The van der Waals surface area contributed by atoms with Crippen LogP contribution < -0.4 is 10.6 Å². The minimum absolute atomic E-state index is 0.0587. The smallest absolute Gasteiger partial charge is 0.267 e. The molecule has 1 amide bonds. The molecule has 2 aromatic rings. The van der Waals surface area contributed by atoms with Gasteiger partial charge in [0.2, 0.25) is 0 Å². The first-order chi connectivity index (χ1) is 11.0. The van der Waals surface area contributed by atoms with E-state index < -0.39 is 5.91 Å². The quantitative estimate of drug-likeness (QED) is 0.620. The molecule has 0 saturated heterocycles. The summed E-state index contributed by atoms with van der Waals surface area (Å²) in [5.41, 5.74) is 2.31. The fourth-order valence-electron chi connectivity index (χ4n) is 1.73. The van der Waals surface area contributed by atoms with Crippen molar-refractivity contribution in [2.75, 3.05) is 10.6 Å². The Morgan fingerprint density at radius 3 is 2.35 bits per heavy atom. The second-order valence-electron chi connectivity index (χ2n) is 4.76. The molecule has 0 bridgehead atoms. The van der Waals surface area contributed by atoms with Crippen molar-refractivity contribution in [2.45, 2.75) is 6.92 Å². The maximum Gasteiger partial charge on any atom is 0.267 e. The van der Waals surface area contributed by atoms with Gasteiger partial charge in [-0.1, -0.05) is 40.9 Å². The summed E-state index contributed by atoms with van der Waals surface area (Å²) in [6.07, 6.45) is 1.36. The van der Waals surface area contributed by atoms with E-state index in [1.54, 1.807) is 12.1 Å². The number of amides is 1. The summed E-state index contributed by atoms with van der Waals surface area (Å²) >= 11 is 11.7. The molecule has 0 aromatic heterocycles.